The summed E-state index contributed by atoms with van der Waals surface area (Å²) in [5, 5.41) is 3.75. The van der Waals surface area contributed by atoms with Crippen molar-refractivity contribution in [1.82, 2.24) is 4.98 Å². The Bertz CT molecular complexity index is 627. The molecule has 0 aliphatic carbocycles. The van der Waals surface area contributed by atoms with E-state index in [1.54, 1.807) is 30.1 Å². The third-order valence-corrected chi connectivity index (χ3v) is 3.54. The lowest BCUT2D eigenvalue weighted by molar-refractivity contribution is 0.102. The molecule has 1 heterocycles. The summed E-state index contributed by atoms with van der Waals surface area (Å²) in [7, 11) is 0. The van der Waals surface area contributed by atoms with Gasteiger partial charge in [-0.3, -0.25) is 4.79 Å². The topological polar surface area (TPSA) is 51.2 Å². The molecule has 0 unspecified atom stereocenters. The minimum atomic E-state index is -0.173. The molecule has 0 fully saturated rings. The monoisotopic (exact) mass is 316 g/mol. The number of hydrogen-bond acceptors (Lipinski definition) is 4. The SMILES string of the molecule is CSc1ccc(NC(=O)c2cccc(OCC(C)C)c2)cn1. The van der Waals surface area contributed by atoms with E-state index in [4.69, 9.17) is 4.74 Å². The first-order valence-corrected chi connectivity index (χ1v) is 8.35. The normalized spacial score (nSPS) is 10.5. The van der Waals surface area contributed by atoms with Gasteiger partial charge in [0.25, 0.3) is 5.91 Å². The van der Waals surface area contributed by atoms with Crippen molar-refractivity contribution in [3.63, 3.8) is 0 Å². The maximum atomic E-state index is 12.3. The van der Waals surface area contributed by atoms with Crippen molar-refractivity contribution < 1.29 is 9.53 Å². The highest BCUT2D eigenvalue weighted by Crippen LogP contribution is 2.17. The van der Waals surface area contributed by atoms with Gasteiger partial charge in [-0.05, 0) is 42.5 Å². The molecule has 1 aromatic heterocycles. The van der Waals surface area contributed by atoms with E-state index in [9.17, 15) is 4.79 Å². The van der Waals surface area contributed by atoms with Gasteiger partial charge >= 0.3 is 0 Å². The van der Waals surface area contributed by atoms with E-state index in [0.717, 1.165) is 5.03 Å². The third kappa shape index (κ3) is 4.77. The van der Waals surface area contributed by atoms with Crippen molar-refractivity contribution in [3.8, 4) is 5.75 Å². The predicted molar refractivity (Wildman–Crippen MR) is 90.7 cm³/mol. The van der Waals surface area contributed by atoms with Crippen molar-refractivity contribution in [1.29, 1.82) is 0 Å². The van der Waals surface area contributed by atoms with Crippen molar-refractivity contribution in [2.24, 2.45) is 5.92 Å². The van der Waals surface area contributed by atoms with Crippen LogP contribution in [0.2, 0.25) is 0 Å². The highest BCUT2D eigenvalue weighted by atomic mass is 32.2. The number of nitrogens with zero attached hydrogens (tertiary/aromatic N) is 1. The molecule has 0 saturated carbocycles. The Hall–Kier alpha value is -2.01. The van der Waals surface area contributed by atoms with Gasteiger partial charge in [-0.1, -0.05) is 19.9 Å². The van der Waals surface area contributed by atoms with Crippen LogP contribution in [0.15, 0.2) is 47.6 Å². The standard InChI is InChI=1S/C17H20N2O2S/c1-12(2)11-21-15-6-4-5-13(9-15)17(20)19-14-7-8-16(22-3)18-10-14/h4-10,12H,11H2,1-3H3,(H,19,20). The number of pyridine rings is 1. The number of thioether (sulfide) groups is 1. The number of carbonyl (C=O) groups is 1. The fourth-order valence-electron chi connectivity index (χ4n) is 1.77. The molecule has 0 saturated heterocycles. The van der Waals surface area contributed by atoms with E-state index < -0.39 is 0 Å². The van der Waals surface area contributed by atoms with Gasteiger partial charge in [-0.2, -0.15) is 0 Å². The molecule has 0 radical (unpaired) electrons. The molecule has 5 heteroatoms. The molecule has 0 spiro atoms. The van der Waals surface area contributed by atoms with Crippen molar-refractivity contribution in [3.05, 3.63) is 48.2 Å². The number of benzene rings is 1. The van der Waals surface area contributed by atoms with E-state index in [0.29, 0.717) is 29.5 Å². The second-order valence-corrected chi connectivity index (χ2v) is 6.10. The van der Waals surface area contributed by atoms with E-state index in [-0.39, 0.29) is 5.91 Å². The molecule has 2 aromatic rings. The number of rotatable bonds is 6. The van der Waals surface area contributed by atoms with E-state index in [1.165, 1.54) is 0 Å². The largest absolute Gasteiger partial charge is 0.493 e. The first-order chi connectivity index (χ1) is 10.6. The van der Waals surface area contributed by atoms with Crippen LogP contribution in [0, 0.1) is 5.92 Å². The van der Waals surface area contributed by atoms with E-state index >= 15 is 0 Å². The summed E-state index contributed by atoms with van der Waals surface area (Å²) in [5.41, 5.74) is 1.24. The Morgan fingerprint density at radius 2 is 2.14 bits per heavy atom. The van der Waals surface area contributed by atoms with E-state index in [2.05, 4.69) is 24.1 Å². The average Bonchev–Trinajstić information content (AvgIpc) is 2.54. The molecule has 2 rings (SSSR count). The smallest absolute Gasteiger partial charge is 0.255 e. The molecule has 1 aromatic carbocycles. The highest BCUT2D eigenvalue weighted by Gasteiger charge is 2.08. The van der Waals surface area contributed by atoms with Gasteiger partial charge in [0.1, 0.15) is 5.75 Å². The van der Waals surface area contributed by atoms with Crippen molar-refractivity contribution >= 4 is 23.4 Å². The van der Waals surface area contributed by atoms with Crippen LogP contribution in [0.1, 0.15) is 24.2 Å². The van der Waals surface area contributed by atoms with Crippen LogP contribution in [0.25, 0.3) is 0 Å². The lowest BCUT2D eigenvalue weighted by Crippen LogP contribution is -2.12. The van der Waals surface area contributed by atoms with Crippen LogP contribution in [0.5, 0.6) is 5.75 Å². The molecule has 4 nitrogen and oxygen atoms in total. The summed E-state index contributed by atoms with van der Waals surface area (Å²) in [6.45, 7) is 4.80. The summed E-state index contributed by atoms with van der Waals surface area (Å²) >= 11 is 1.56. The van der Waals surface area contributed by atoms with Gasteiger partial charge < -0.3 is 10.1 Å². The number of anilines is 1. The van der Waals surface area contributed by atoms with Crippen molar-refractivity contribution in [2.45, 2.75) is 18.9 Å². The van der Waals surface area contributed by atoms with Crippen LogP contribution in [-0.4, -0.2) is 23.8 Å². The number of amides is 1. The predicted octanol–water partition coefficient (Wildman–Crippen LogP) is 4.09. The molecule has 0 bridgehead atoms. The maximum absolute atomic E-state index is 12.3. The zero-order valence-corrected chi connectivity index (χ0v) is 13.8. The second-order valence-electron chi connectivity index (χ2n) is 5.28. The Morgan fingerprint density at radius 3 is 2.77 bits per heavy atom. The Balaban J connectivity index is 2.03. The summed E-state index contributed by atoms with van der Waals surface area (Å²) in [5.74, 6) is 0.976. The maximum Gasteiger partial charge on any atom is 0.255 e. The molecule has 1 amide bonds. The van der Waals surface area contributed by atoms with Crippen LogP contribution < -0.4 is 10.1 Å². The molecule has 0 aliphatic heterocycles. The lowest BCUT2D eigenvalue weighted by atomic mass is 10.2. The van der Waals surface area contributed by atoms with Crippen LogP contribution in [0.3, 0.4) is 0 Å². The third-order valence-electron chi connectivity index (χ3n) is 2.88. The van der Waals surface area contributed by atoms with Gasteiger partial charge in [0, 0.05) is 5.56 Å². The van der Waals surface area contributed by atoms with Gasteiger partial charge in [0.15, 0.2) is 0 Å². The minimum absolute atomic E-state index is 0.173. The number of hydrogen-bond donors (Lipinski definition) is 1. The lowest BCUT2D eigenvalue weighted by Gasteiger charge is -2.10. The summed E-state index contributed by atoms with van der Waals surface area (Å²) in [6, 6.07) is 10.9. The quantitative estimate of drug-likeness (QED) is 0.816. The Kier molecular flexibility index (Phi) is 5.83. The molecular formula is C17H20N2O2S. The molecule has 116 valence electrons. The number of nitrogens with one attached hydrogen (secondary N) is 1. The zero-order valence-electron chi connectivity index (χ0n) is 13.0. The molecule has 0 aliphatic rings. The molecule has 22 heavy (non-hydrogen) atoms. The molecule has 1 N–H and O–H groups in total. The van der Waals surface area contributed by atoms with E-state index in [1.807, 2.05) is 30.5 Å². The van der Waals surface area contributed by atoms with Crippen LogP contribution in [-0.2, 0) is 0 Å². The molecular weight excluding hydrogens is 296 g/mol. The van der Waals surface area contributed by atoms with Gasteiger partial charge in [0.2, 0.25) is 0 Å². The molecule has 0 atom stereocenters. The Morgan fingerprint density at radius 1 is 1.32 bits per heavy atom. The summed E-state index contributed by atoms with van der Waals surface area (Å²) in [4.78, 5) is 16.5. The first-order valence-electron chi connectivity index (χ1n) is 7.12. The minimum Gasteiger partial charge on any atom is -0.493 e. The first kappa shape index (κ1) is 16.4. The number of ether oxygens (including phenoxy) is 1. The van der Waals surface area contributed by atoms with Gasteiger partial charge in [0.05, 0.1) is 23.5 Å². The summed E-state index contributed by atoms with van der Waals surface area (Å²) < 4.78 is 5.64. The average molecular weight is 316 g/mol. The zero-order chi connectivity index (χ0) is 15.9. The van der Waals surface area contributed by atoms with Crippen LogP contribution in [0.4, 0.5) is 5.69 Å². The van der Waals surface area contributed by atoms with Crippen LogP contribution >= 0.6 is 11.8 Å². The Labute approximate surface area is 135 Å². The second kappa shape index (κ2) is 7.84. The number of aromatic nitrogens is 1. The van der Waals surface area contributed by atoms with Crippen molar-refractivity contribution in [2.75, 3.05) is 18.2 Å². The van der Waals surface area contributed by atoms with Gasteiger partial charge in [-0.25, -0.2) is 4.98 Å². The van der Waals surface area contributed by atoms with Gasteiger partial charge in [-0.15, -0.1) is 11.8 Å². The summed E-state index contributed by atoms with van der Waals surface area (Å²) in [6.07, 6.45) is 3.62. The number of carbonyl (C=O) groups excluding carboxylic acids is 1. The fourth-order valence-corrected chi connectivity index (χ4v) is 2.13. The fraction of sp³-hybridized carbons (Fsp3) is 0.294. The highest BCUT2D eigenvalue weighted by molar-refractivity contribution is 7.98.